The van der Waals surface area contributed by atoms with Crippen molar-refractivity contribution in [1.82, 2.24) is 15.2 Å². The van der Waals surface area contributed by atoms with Crippen LogP contribution in [0.25, 0.3) is 5.57 Å². The van der Waals surface area contributed by atoms with Crippen LogP contribution in [0.5, 0.6) is 0 Å². The molecule has 128 valence electrons. The van der Waals surface area contributed by atoms with Gasteiger partial charge in [0.25, 0.3) is 0 Å². The van der Waals surface area contributed by atoms with Crippen LogP contribution in [0.1, 0.15) is 21.8 Å². The second-order valence-corrected chi connectivity index (χ2v) is 8.14. The minimum atomic E-state index is 0.463. The SMILES string of the molecule is Cc1csc(/C(C#N)=C/Nc2nnc(SCc3ccc(C#N)cc3)s2)n1. The predicted molar refractivity (Wildman–Crippen MR) is 105 cm³/mol. The van der Waals surface area contributed by atoms with Crippen LogP contribution in [0.2, 0.25) is 0 Å². The number of thiazole rings is 1. The number of aromatic nitrogens is 3. The molecule has 0 amide bonds. The van der Waals surface area contributed by atoms with Crippen molar-refractivity contribution < 1.29 is 0 Å². The van der Waals surface area contributed by atoms with Crippen molar-refractivity contribution in [1.29, 1.82) is 10.5 Å². The zero-order valence-corrected chi connectivity index (χ0v) is 16.1. The number of nitrogens with zero attached hydrogens (tertiary/aromatic N) is 5. The van der Waals surface area contributed by atoms with Gasteiger partial charge in [-0.15, -0.1) is 21.5 Å². The van der Waals surface area contributed by atoms with Crippen molar-refractivity contribution in [2.45, 2.75) is 17.0 Å². The summed E-state index contributed by atoms with van der Waals surface area (Å²) in [6.45, 7) is 1.89. The smallest absolute Gasteiger partial charge is 0.210 e. The van der Waals surface area contributed by atoms with Gasteiger partial charge in [-0.05, 0) is 24.6 Å². The highest BCUT2D eigenvalue weighted by Gasteiger charge is 2.08. The van der Waals surface area contributed by atoms with Gasteiger partial charge >= 0.3 is 0 Å². The number of hydrogen-bond acceptors (Lipinski definition) is 9. The number of benzene rings is 1. The normalized spacial score (nSPS) is 11.0. The molecule has 0 radical (unpaired) electrons. The molecule has 26 heavy (non-hydrogen) atoms. The molecule has 3 rings (SSSR count). The molecule has 0 saturated carbocycles. The van der Waals surface area contributed by atoms with E-state index in [0.717, 1.165) is 21.3 Å². The van der Waals surface area contributed by atoms with Crippen molar-refractivity contribution in [2.75, 3.05) is 5.32 Å². The van der Waals surface area contributed by atoms with E-state index in [1.807, 2.05) is 24.4 Å². The van der Waals surface area contributed by atoms with Crippen molar-refractivity contribution in [2.24, 2.45) is 0 Å². The van der Waals surface area contributed by atoms with Crippen LogP contribution < -0.4 is 5.32 Å². The monoisotopic (exact) mass is 396 g/mol. The second-order valence-electron chi connectivity index (χ2n) is 5.08. The summed E-state index contributed by atoms with van der Waals surface area (Å²) in [4.78, 5) is 4.31. The topological polar surface area (TPSA) is 98.3 Å². The van der Waals surface area contributed by atoms with Crippen LogP contribution in [-0.4, -0.2) is 15.2 Å². The summed E-state index contributed by atoms with van der Waals surface area (Å²) in [5.41, 5.74) is 3.12. The Bertz CT molecular complexity index is 1000. The molecule has 2 heterocycles. The maximum absolute atomic E-state index is 9.27. The number of aryl methyl sites for hydroxylation is 1. The first-order valence-corrected chi connectivity index (χ1v) is 10.1. The molecule has 3 aromatic rings. The van der Waals surface area contributed by atoms with E-state index in [0.29, 0.717) is 21.3 Å². The van der Waals surface area contributed by atoms with Gasteiger partial charge in [0.2, 0.25) is 5.13 Å². The Hall–Kier alpha value is -2.72. The largest absolute Gasteiger partial charge is 0.335 e. The lowest BCUT2D eigenvalue weighted by atomic mass is 10.2. The van der Waals surface area contributed by atoms with Crippen molar-refractivity contribution in [3.05, 3.63) is 57.7 Å². The average molecular weight is 397 g/mol. The lowest BCUT2D eigenvalue weighted by molar-refractivity contribution is 1.01. The fourth-order valence-corrected chi connectivity index (χ4v) is 4.34. The molecule has 0 aliphatic heterocycles. The molecule has 1 aromatic carbocycles. The van der Waals surface area contributed by atoms with Gasteiger partial charge in [0.1, 0.15) is 16.6 Å². The van der Waals surface area contributed by atoms with Crippen LogP contribution >= 0.6 is 34.4 Å². The molecule has 0 saturated heterocycles. The summed E-state index contributed by atoms with van der Waals surface area (Å²) in [5, 5.41) is 32.5. The number of hydrogen-bond donors (Lipinski definition) is 1. The standard InChI is InChI=1S/C17H12N6S3/c1-11-9-24-15(21-11)14(7-19)8-20-16-22-23-17(26-16)25-10-13-4-2-12(6-18)3-5-13/h2-5,8-9H,10H2,1H3,(H,20,22)/b14-8+. The zero-order valence-electron chi connectivity index (χ0n) is 13.6. The number of nitriles is 2. The fourth-order valence-electron chi connectivity index (χ4n) is 1.90. The van der Waals surface area contributed by atoms with E-state index in [-0.39, 0.29) is 0 Å². The third kappa shape index (κ3) is 4.67. The third-order valence-corrected chi connectivity index (χ3v) is 6.21. The maximum Gasteiger partial charge on any atom is 0.210 e. The van der Waals surface area contributed by atoms with Gasteiger partial charge in [-0.2, -0.15) is 10.5 Å². The Morgan fingerprint density at radius 1 is 1.27 bits per heavy atom. The van der Waals surface area contributed by atoms with Gasteiger partial charge in [-0.25, -0.2) is 4.98 Å². The lowest BCUT2D eigenvalue weighted by Crippen LogP contribution is -1.90. The van der Waals surface area contributed by atoms with Crippen LogP contribution in [0.15, 0.2) is 40.2 Å². The van der Waals surface area contributed by atoms with Gasteiger partial charge in [0.05, 0.1) is 11.6 Å². The van der Waals surface area contributed by atoms with Crippen molar-refractivity contribution >= 4 is 45.1 Å². The molecule has 0 bridgehead atoms. The second kappa shape index (κ2) is 8.59. The van der Waals surface area contributed by atoms with Crippen LogP contribution in [-0.2, 0) is 5.75 Å². The first-order chi connectivity index (χ1) is 12.7. The molecular weight excluding hydrogens is 384 g/mol. The first-order valence-electron chi connectivity index (χ1n) is 7.42. The van der Waals surface area contributed by atoms with Crippen LogP contribution in [0.3, 0.4) is 0 Å². The number of thioether (sulfide) groups is 1. The molecule has 0 spiro atoms. The van der Waals surface area contributed by atoms with Crippen molar-refractivity contribution in [3.8, 4) is 12.1 Å². The lowest BCUT2D eigenvalue weighted by Gasteiger charge is -1.98. The minimum absolute atomic E-state index is 0.463. The Morgan fingerprint density at radius 2 is 2.08 bits per heavy atom. The summed E-state index contributed by atoms with van der Waals surface area (Å²) in [7, 11) is 0. The highest BCUT2D eigenvalue weighted by Crippen LogP contribution is 2.29. The summed E-state index contributed by atoms with van der Waals surface area (Å²) < 4.78 is 0.828. The summed E-state index contributed by atoms with van der Waals surface area (Å²) in [5.74, 6) is 0.748. The van der Waals surface area contributed by atoms with E-state index in [9.17, 15) is 5.26 Å². The Balaban J connectivity index is 1.59. The Kier molecular flexibility index (Phi) is 5.97. The summed E-state index contributed by atoms with van der Waals surface area (Å²) in [6.07, 6.45) is 1.61. The molecule has 0 fully saturated rings. The molecule has 0 aliphatic carbocycles. The van der Waals surface area contributed by atoms with Crippen molar-refractivity contribution in [3.63, 3.8) is 0 Å². The molecule has 0 atom stereocenters. The average Bonchev–Trinajstić information content (AvgIpc) is 3.30. The van der Waals surface area contributed by atoms with Gasteiger partial charge in [-0.3, -0.25) is 0 Å². The van der Waals surface area contributed by atoms with E-state index in [2.05, 4.69) is 32.6 Å². The Labute approximate surface area is 162 Å². The van der Waals surface area contributed by atoms with Gasteiger partial charge in [-0.1, -0.05) is 35.2 Å². The van der Waals surface area contributed by atoms with Crippen LogP contribution in [0.4, 0.5) is 5.13 Å². The van der Waals surface area contributed by atoms with E-state index >= 15 is 0 Å². The molecular formula is C17H12N6S3. The van der Waals surface area contributed by atoms with Gasteiger partial charge < -0.3 is 5.32 Å². The Morgan fingerprint density at radius 3 is 2.73 bits per heavy atom. The molecule has 0 unspecified atom stereocenters. The van der Waals surface area contributed by atoms with E-state index in [1.54, 1.807) is 30.1 Å². The number of allylic oxidation sites excluding steroid dienone is 1. The van der Waals surface area contributed by atoms with Gasteiger partial charge in [0.15, 0.2) is 4.34 Å². The highest BCUT2D eigenvalue weighted by molar-refractivity contribution is 8.00. The molecule has 0 aliphatic rings. The quantitative estimate of drug-likeness (QED) is 0.485. The fraction of sp³-hybridized carbons (Fsp3) is 0.118. The molecule has 9 heteroatoms. The van der Waals surface area contributed by atoms with Crippen LogP contribution in [0, 0.1) is 29.6 Å². The number of anilines is 1. The minimum Gasteiger partial charge on any atom is -0.335 e. The maximum atomic E-state index is 9.27. The number of nitrogens with one attached hydrogen (secondary N) is 1. The molecule has 2 aromatic heterocycles. The zero-order chi connectivity index (χ0) is 18.4. The molecule has 6 nitrogen and oxygen atoms in total. The number of rotatable bonds is 6. The molecule has 1 N–H and O–H groups in total. The van der Waals surface area contributed by atoms with E-state index in [1.165, 1.54) is 22.7 Å². The van der Waals surface area contributed by atoms with E-state index < -0.39 is 0 Å². The van der Waals surface area contributed by atoms with Gasteiger partial charge in [0, 0.05) is 23.0 Å². The first kappa shape index (κ1) is 18.1. The summed E-state index contributed by atoms with van der Waals surface area (Å²) in [6, 6.07) is 11.7. The highest BCUT2D eigenvalue weighted by atomic mass is 32.2. The summed E-state index contributed by atoms with van der Waals surface area (Å²) >= 11 is 4.42. The third-order valence-electron chi connectivity index (χ3n) is 3.16. The predicted octanol–water partition coefficient (Wildman–Crippen LogP) is 4.44. The van der Waals surface area contributed by atoms with E-state index in [4.69, 9.17) is 5.26 Å².